The van der Waals surface area contributed by atoms with Crippen LogP contribution in [-0.4, -0.2) is 55.3 Å². The molecular weight excluding hydrogens is 430 g/mol. The van der Waals surface area contributed by atoms with E-state index in [0.29, 0.717) is 16.6 Å². The lowest BCUT2D eigenvalue weighted by atomic mass is 10.2. The van der Waals surface area contributed by atoms with E-state index in [1.54, 1.807) is 4.90 Å². The number of carbonyl (C=O) groups is 1. The number of likely N-dealkylation sites (N-methyl/N-ethyl adjacent to an activating group) is 1. The number of amidine groups is 1. The van der Waals surface area contributed by atoms with Gasteiger partial charge in [-0.2, -0.15) is 0 Å². The first-order chi connectivity index (χ1) is 15.9. The van der Waals surface area contributed by atoms with Crippen molar-refractivity contribution in [1.29, 1.82) is 0 Å². The average Bonchev–Trinajstić information content (AvgIpc) is 3.38. The van der Waals surface area contributed by atoms with Crippen LogP contribution in [0.15, 0.2) is 76.8 Å². The molecule has 0 radical (unpaired) electrons. The monoisotopic (exact) mass is 459 g/mol. The highest BCUT2D eigenvalue weighted by atomic mass is 32.2. The van der Waals surface area contributed by atoms with E-state index in [1.807, 2.05) is 88.7 Å². The highest BCUT2D eigenvalue weighted by molar-refractivity contribution is 8.18. The number of amides is 1. The molecule has 0 spiro atoms. The highest BCUT2D eigenvalue weighted by Gasteiger charge is 2.32. The lowest BCUT2D eigenvalue weighted by molar-refractivity contribution is -0.122. The maximum Gasteiger partial charge on any atom is 0.266 e. The van der Waals surface area contributed by atoms with Gasteiger partial charge < -0.3 is 14.4 Å². The summed E-state index contributed by atoms with van der Waals surface area (Å²) in [4.78, 5) is 24.4. The molecule has 7 heteroatoms. The molecule has 6 nitrogen and oxygen atoms in total. The minimum absolute atomic E-state index is 0.0122. The van der Waals surface area contributed by atoms with Gasteiger partial charge in [0.25, 0.3) is 5.91 Å². The molecule has 1 aromatic heterocycles. The molecule has 1 amide bonds. The molecule has 2 heterocycles. The van der Waals surface area contributed by atoms with Gasteiger partial charge in [0.15, 0.2) is 5.17 Å². The van der Waals surface area contributed by atoms with E-state index in [9.17, 15) is 4.79 Å². The van der Waals surface area contributed by atoms with E-state index < -0.39 is 0 Å². The van der Waals surface area contributed by atoms with Crippen LogP contribution in [0.25, 0.3) is 11.8 Å². The molecule has 0 N–H and O–H groups in total. The maximum absolute atomic E-state index is 13.1. The Kier molecular flexibility index (Phi) is 6.60. The van der Waals surface area contributed by atoms with Gasteiger partial charge in [-0.25, -0.2) is 4.99 Å². The molecule has 33 heavy (non-hydrogen) atoms. The molecule has 0 aliphatic carbocycles. The van der Waals surface area contributed by atoms with Crippen LogP contribution in [0.1, 0.15) is 12.6 Å². The molecule has 170 valence electrons. The second-order valence-corrected chi connectivity index (χ2v) is 9.19. The van der Waals surface area contributed by atoms with Crippen LogP contribution in [0.4, 0.5) is 17.1 Å². The molecule has 0 saturated carbocycles. The van der Waals surface area contributed by atoms with E-state index in [0.717, 1.165) is 28.4 Å². The standard InChI is InChI=1S/C26H29N5OS/c1-6-30-25(32)24(33-26(30)27-19-9-11-20(12-10-19)28(2)3)18-23-8-7-17-31(23)22-15-13-21(14-16-22)29(4)5/h7-18H,6H2,1-5H3/b24-18-,27-26?. The predicted octanol–water partition coefficient (Wildman–Crippen LogP) is 5.23. The van der Waals surface area contributed by atoms with Gasteiger partial charge in [-0.15, -0.1) is 0 Å². The summed E-state index contributed by atoms with van der Waals surface area (Å²) in [7, 11) is 8.07. The summed E-state index contributed by atoms with van der Waals surface area (Å²) in [6.07, 6.45) is 3.97. The zero-order valence-electron chi connectivity index (χ0n) is 19.7. The quantitative estimate of drug-likeness (QED) is 0.473. The average molecular weight is 460 g/mol. The Morgan fingerprint density at radius 3 is 2.09 bits per heavy atom. The number of hydrogen-bond donors (Lipinski definition) is 0. The van der Waals surface area contributed by atoms with Gasteiger partial charge >= 0.3 is 0 Å². The van der Waals surface area contributed by atoms with E-state index >= 15 is 0 Å². The first kappa shape index (κ1) is 22.7. The SMILES string of the molecule is CCN1C(=O)/C(=C/c2cccn2-c2ccc(N(C)C)cc2)SC1=Nc1ccc(N(C)C)cc1. The van der Waals surface area contributed by atoms with Crippen LogP contribution < -0.4 is 9.80 Å². The second kappa shape index (κ2) is 9.58. The van der Waals surface area contributed by atoms with Crippen molar-refractivity contribution in [3.63, 3.8) is 0 Å². The van der Waals surface area contributed by atoms with Crippen LogP contribution in [0, 0.1) is 0 Å². The predicted molar refractivity (Wildman–Crippen MR) is 141 cm³/mol. The number of aliphatic imine (C=N–C) groups is 1. The van der Waals surface area contributed by atoms with Crippen molar-refractivity contribution < 1.29 is 4.79 Å². The van der Waals surface area contributed by atoms with Gasteiger partial charge in [0.1, 0.15) is 0 Å². The normalized spacial score (nSPS) is 16.2. The summed E-state index contributed by atoms with van der Waals surface area (Å²) in [6.45, 7) is 2.55. The van der Waals surface area contributed by atoms with Gasteiger partial charge in [0.2, 0.25) is 0 Å². The summed E-state index contributed by atoms with van der Waals surface area (Å²) < 4.78 is 2.09. The third-order valence-electron chi connectivity index (χ3n) is 5.50. The van der Waals surface area contributed by atoms with Crippen molar-refractivity contribution in [3.8, 4) is 5.69 Å². The molecule has 0 bridgehead atoms. The van der Waals surface area contributed by atoms with E-state index in [4.69, 9.17) is 4.99 Å². The Labute approximate surface area is 199 Å². The van der Waals surface area contributed by atoms with Crippen LogP contribution in [0.2, 0.25) is 0 Å². The van der Waals surface area contributed by atoms with Gasteiger partial charge in [-0.05, 0) is 85.4 Å². The first-order valence-corrected chi connectivity index (χ1v) is 11.7. The zero-order chi connectivity index (χ0) is 23.5. The highest BCUT2D eigenvalue weighted by Crippen LogP contribution is 2.34. The Hall–Kier alpha value is -3.45. The molecule has 3 aromatic rings. The molecule has 1 aliphatic rings. The van der Waals surface area contributed by atoms with E-state index in [1.165, 1.54) is 11.8 Å². The Morgan fingerprint density at radius 1 is 0.909 bits per heavy atom. The Morgan fingerprint density at radius 2 is 1.52 bits per heavy atom. The number of nitrogens with zero attached hydrogens (tertiary/aromatic N) is 5. The van der Waals surface area contributed by atoms with E-state index in [2.05, 4.69) is 33.7 Å². The van der Waals surface area contributed by atoms with Crippen LogP contribution >= 0.6 is 11.8 Å². The van der Waals surface area contributed by atoms with Gasteiger partial charge in [-0.3, -0.25) is 9.69 Å². The first-order valence-electron chi connectivity index (χ1n) is 10.9. The lowest BCUT2D eigenvalue weighted by Gasteiger charge is -2.14. The molecular formula is C26H29N5OS. The van der Waals surface area contributed by atoms with Crippen LogP contribution in [-0.2, 0) is 4.79 Å². The molecule has 1 fully saturated rings. The maximum atomic E-state index is 13.1. The number of benzene rings is 2. The largest absolute Gasteiger partial charge is 0.378 e. The number of aromatic nitrogens is 1. The minimum Gasteiger partial charge on any atom is -0.378 e. The Bertz CT molecular complexity index is 1190. The van der Waals surface area contributed by atoms with Gasteiger partial charge in [0.05, 0.1) is 10.6 Å². The molecule has 0 atom stereocenters. The summed E-state index contributed by atoms with van der Waals surface area (Å²) in [5, 5.41) is 0.708. The van der Waals surface area contributed by atoms with Crippen molar-refractivity contribution in [3.05, 3.63) is 77.5 Å². The molecule has 2 aromatic carbocycles. The van der Waals surface area contributed by atoms with Gasteiger partial charge in [-0.1, -0.05) is 0 Å². The fourth-order valence-corrected chi connectivity index (χ4v) is 4.65. The third kappa shape index (κ3) is 4.83. The summed E-state index contributed by atoms with van der Waals surface area (Å²) in [5.74, 6) is -0.0122. The fraction of sp³-hybridized carbons (Fsp3) is 0.231. The molecule has 1 saturated heterocycles. The van der Waals surface area contributed by atoms with Crippen molar-refractivity contribution in [2.75, 3.05) is 44.5 Å². The molecule has 0 unspecified atom stereocenters. The third-order valence-corrected chi connectivity index (χ3v) is 6.51. The van der Waals surface area contributed by atoms with Gasteiger partial charge in [0, 0.05) is 63.7 Å². The summed E-state index contributed by atoms with van der Waals surface area (Å²) >= 11 is 1.42. The lowest BCUT2D eigenvalue weighted by Crippen LogP contribution is -2.28. The van der Waals surface area contributed by atoms with Crippen molar-refractivity contribution >= 4 is 46.0 Å². The van der Waals surface area contributed by atoms with E-state index in [-0.39, 0.29) is 5.91 Å². The number of rotatable bonds is 6. The summed E-state index contributed by atoms with van der Waals surface area (Å²) in [5.41, 5.74) is 5.10. The number of anilines is 2. The van der Waals surface area contributed by atoms with Crippen LogP contribution in [0.5, 0.6) is 0 Å². The van der Waals surface area contributed by atoms with Crippen molar-refractivity contribution in [2.45, 2.75) is 6.92 Å². The molecule has 1 aliphatic heterocycles. The van der Waals surface area contributed by atoms with Crippen molar-refractivity contribution in [1.82, 2.24) is 9.47 Å². The van der Waals surface area contributed by atoms with Crippen molar-refractivity contribution in [2.24, 2.45) is 4.99 Å². The molecule has 4 rings (SSSR count). The number of hydrogen-bond acceptors (Lipinski definition) is 5. The smallest absolute Gasteiger partial charge is 0.266 e. The number of thioether (sulfide) groups is 1. The fourth-order valence-electron chi connectivity index (χ4n) is 3.60. The zero-order valence-corrected chi connectivity index (χ0v) is 20.5. The summed E-state index contributed by atoms with van der Waals surface area (Å²) in [6, 6.07) is 20.4. The Balaban J connectivity index is 1.62. The topological polar surface area (TPSA) is 44.1 Å². The second-order valence-electron chi connectivity index (χ2n) is 8.18. The number of carbonyl (C=O) groups excluding carboxylic acids is 1. The van der Waals surface area contributed by atoms with Crippen LogP contribution in [0.3, 0.4) is 0 Å². The minimum atomic E-state index is -0.0122.